The molecule has 20 heavy (non-hydrogen) atoms. The first-order chi connectivity index (χ1) is 9.63. The van der Waals surface area contributed by atoms with Gasteiger partial charge in [-0.1, -0.05) is 11.6 Å². The number of nitrogens with two attached hydrogens (primary N) is 1. The van der Waals surface area contributed by atoms with Crippen molar-refractivity contribution in [3.63, 3.8) is 0 Å². The number of nitrogens with one attached hydrogen (secondary N) is 1. The van der Waals surface area contributed by atoms with Crippen LogP contribution in [0.25, 0.3) is 0 Å². The third kappa shape index (κ3) is 2.75. The Hall–Kier alpha value is -1.30. The molecule has 2 aliphatic rings. The van der Waals surface area contributed by atoms with Crippen molar-refractivity contribution < 1.29 is 9.53 Å². The maximum absolute atomic E-state index is 11.5. The van der Waals surface area contributed by atoms with Crippen molar-refractivity contribution in [2.75, 3.05) is 26.2 Å². The van der Waals surface area contributed by atoms with E-state index in [1.165, 1.54) is 0 Å². The van der Waals surface area contributed by atoms with Crippen LogP contribution in [0.4, 0.5) is 0 Å². The number of carbonyl (C=O) groups excluding carboxylic acids is 1. The van der Waals surface area contributed by atoms with Gasteiger partial charge in [-0.3, -0.25) is 9.69 Å². The van der Waals surface area contributed by atoms with E-state index in [2.05, 4.69) is 10.2 Å². The minimum Gasteiger partial charge on any atom is -0.488 e. The lowest BCUT2D eigenvalue weighted by Crippen LogP contribution is -2.58. The second kappa shape index (κ2) is 5.60. The maximum atomic E-state index is 11.5. The summed E-state index contributed by atoms with van der Waals surface area (Å²) in [5.74, 6) is 0.612. The van der Waals surface area contributed by atoms with E-state index in [1.54, 1.807) is 0 Å². The summed E-state index contributed by atoms with van der Waals surface area (Å²) in [4.78, 5) is 13.6. The van der Waals surface area contributed by atoms with Crippen molar-refractivity contribution in [3.8, 4) is 5.75 Å². The van der Waals surface area contributed by atoms with Gasteiger partial charge in [-0.2, -0.15) is 0 Å². The smallest absolute Gasteiger partial charge is 0.236 e. The molecule has 0 spiro atoms. The van der Waals surface area contributed by atoms with Crippen LogP contribution in [0.2, 0.25) is 5.02 Å². The highest BCUT2D eigenvalue weighted by molar-refractivity contribution is 6.30. The van der Waals surface area contributed by atoms with E-state index < -0.39 is 0 Å². The summed E-state index contributed by atoms with van der Waals surface area (Å²) in [6, 6.07) is 5.43. The third-order valence-electron chi connectivity index (χ3n) is 3.88. The summed E-state index contributed by atoms with van der Waals surface area (Å²) in [7, 11) is 0. The number of halogens is 1. The Morgan fingerprint density at radius 2 is 2.40 bits per heavy atom. The van der Waals surface area contributed by atoms with E-state index in [1.807, 2.05) is 18.2 Å². The van der Waals surface area contributed by atoms with Crippen LogP contribution in [0.5, 0.6) is 5.75 Å². The Labute approximate surface area is 123 Å². The van der Waals surface area contributed by atoms with Gasteiger partial charge in [-0.05, 0) is 23.8 Å². The van der Waals surface area contributed by atoms with E-state index in [0.29, 0.717) is 13.1 Å². The van der Waals surface area contributed by atoms with Crippen LogP contribution in [-0.2, 0) is 11.2 Å². The van der Waals surface area contributed by atoms with E-state index in [9.17, 15) is 4.79 Å². The van der Waals surface area contributed by atoms with Crippen molar-refractivity contribution in [2.24, 2.45) is 5.73 Å². The topological polar surface area (TPSA) is 67.6 Å². The minimum absolute atomic E-state index is 0.0587. The highest BCUT2D eigenvalue weighted by Gasteiger charge is 2.31. The van der Waals surface area contributed by atoms with Crippen LogP contribution < -0.4 is 15.8 Å². The molecule has 0 radical (unpaired) electrons. The summed E-state index contributed by atoms with van der Waals surface area (Å²) < 4.78 is 5.92. The number of fused-ring (bicyclic) bond motifs is 1. The molecule has 1 amide bonds. The fourth-order valence-corrected chi connectivity index (χ4v) is 3.09. The van der Waals surface area contributed by atoms with E-state index >= 15 is 0 Å². The summed E-state index contributed by atoms with van der Waals surface area (Å²) >= 11 is 5.99. The van der Waals surface area contributed by atoms with Gasteiger partial charge in [0.15, 0.2) is 0 Å². The molecule has 1 aromatic carbocycles. The molecule has 2 heterocycles. The number of amides is 1. The Kier molecular flexibility index (Phi) is 3.83. The normalized spacial score (nSPS) is 26.1. The van der Waals surface area contributed by atoms with E-state index in [4.69, 9.17) is 22.1 Å². The lowest BCUT2D eigenvalue weighted by molar-refractivity contribution is -0.124. The standard InChI is InChI=1S/C14H18ClN3O2/c15-10-1-2-13-9(5-10)6-11(20-13)8-18-4-3-17-7-12(18)14(16)19/h1-2,5,11-12,17H,3-4,6-8H2,(H2,16,19). The number of hydrogen-bond donors (Lipinski definition) is 2. The second-order valence-corrected chi connectivity index (χ2v) is 5.75. The van der Waals surface area contributed by atoms with Crippen molar-refractivity contribution in [1.29, 1.82) is 0 Å². The predicted molar refractivity (Wildman–Crippen MR) is 77.0 cm³/mol. The van der Waals surface area contributed by atoms with Gasteiger partial charge in [-0.25, -0.2) is 0 Å². The SMILES string of the molecule is NC(=O)C1CNCCN1CC1Cc2cc(Cl)ccc2O1. The molecular formula is C14H18ClN3O2. The Morgan fingerprint density at radius 1 is 1.55 bits per heavy atom. The monoisotopic (exact) mass is 295 g/mol. The molecule has 1 aromatic rings. The highest BCUT2D eigenvalue weighted by Crippen LogP contribution is 2.31. The number of benzene rings is 1. The number of hydrogen-bond acceptors (Lipinski definition) is 4. The molecule has 1 saturated heterocycles. The molecule has 0 aromatic heterocycles. The fourth-order valence-electron chi connectivity index (χ4n) is 2.90. The number of carbonyl (C=O) groups is 1. The Bertz CT molecular complexity index is 523. The molecule has 5 nitrogen and oxygen atoms in total. The summed E-state index contributed by atoms with van der Waals surface area (Å²) in [5.41, 5.74) is 6.59. The van der Waals surface area contributed by atoms with E-state index in [0.717, 1.165) is 35.8 Å². The van der Waals surface area contributed by atoms with Crippen LogP contribution >= 0.6 is 11.6 Å². The summed E-state index contributed by atoms with van der Waals surface area (Å²) in [6.45, 7) is 3.00. The van der Waals surface area contributed by atoms with Gasteiger partial charge in [0, 0.05) is 37.6 Å². The van der Waals surface area contributed by atoms with Gasteiger partial charge < -0.3 is 15.8 Å². The van der Waals surface area contributed by atoms with Crippen LogP contribution in [0.1, 0.15) is 5.56 Å². The minimum atomic E-state index is -0.282. The zero-order valence-corrected chi connectivity index (χ0v) is 11.9. The first-order valence-electron chi connectivity index (χ1n) is 6.82. The second-order valence-electron chi connectivity index (χ2n) is 5.31. The molecule has 108 valence electrons. The fraction of sp³-hybridized carbons (Fsp3) is 0.500. The average Bonchev–Trinajstić information content (AvgIpc) is 2.80. The van der Waals surface area contributed by atoms with Gasteiger partial charge in [-0.15, -0.1) is 0 Å². The quantitative estimate of drug-likeness (QED) is 0.847. The lowest BCUT2D eigenvalue weighted by Gasteiger charge is -2.35. The first-order valence-corrected chi connectivity index (χ1v) is 7.20. The number of rotatable bonds is 3. The molecule has 1 fully saturated rings. The number of primary amides is 1. The zero-order chi connectivity index (χ0) is 14.1. The molecule has 6 heteroatoms. The predicted octanol–water partition coefficient (Wildman–Crippen LogP) is 0.403. The van der Waals surface area contributed by atoms with Gasteiger partial charge in [0.1, 0.15) is 17.9 Å². The first kappa shape index (κ1) is 13.7. The average molecular weight is 296 g/mol. The largest absolute Gasteiger partial charge is 0.488 e. The van der Waals surface area contributed by atoms with Crippen LogP contribution in [0.15, 0.2) is 18.2 Å². The Morgan fingerprint density at radius 3 is 3.20 bits per heavy atom. The Balaban J connectivity index is 1.66. The van der Waals surface area contributed by atoms with Crippen LogP contribution in [0.3, 0.4) is 0 Å². The molecule has 2 atom stereocenters. The molecule has 3 rings (SSSR count). The van der Waals surface area contributed by atoms with Gasteiger partial charge in [0.05, 0.1) is 0 Å². The molecular weight excluding hydrogens is 278 g/mol. The number of nitrogens with zero attached hydrogens (tertiary/aromatic N) is 1. The van der Waals surface area contributed by atoms with E-state index in [-0.39, 0.29) is 18.1 Å². The molecule has 0 aliphatic carbocycles. The van der Waals surface area contributed by atoms with Crippen molar-refractivity contribution in [1.82, 2.24) is 10.2 Å². The molecule has 2 aliphatic heterocycles. The highest BCUT2D eigenvalue weighted by atomic mass is 35.5. The van der Waals surface area contributed by atoms with Crippen molar-refractivity contribution in [2.45, 2.75) is 18.6 Å². The molecule has 3 N–H and O–H groups in total. The third-order valence-corrected chi connectivity index (χ3v) is 4.12. The van der Waals surface area contributed by atoms with Crippen molar-refractivity contribution >= 4 is 17.5 Å². The molecule has 2 unspecified atom stereocenters. The summed E-state index contributed by atoms with van der Waals surface area (Å²) in [6.07, 6.45) is 0.883. The maximum Gasteiger partial charge on any atom is 0.236 e. The van der Waals surface area contributed by atoms with Crippen LogP contribution in [-0.4, -0.2) is 49.1 Å². The van der Waals surface area contributed by atoms with Crippen molar-refractivity contribution in [3.05, 3.63) is 28.8 Å². The number of piperazine rings is 1. The lowest BCUT2D eigenvalue weighted by atomic mass is 10.1. The summed E-state index contributed by atoms with van der Waals surface area (Å²) in [5, 5.41) is 3.92. The van der Waals surface area contributed by atoms with Gasteiger partial charge in [0.2, 0.25) is 5.91 Å². The van der Waals surface area contributed by atoms with Crippen LogP contribution in [0, 0.1) is 0 Å². The zero-order valence-electron chi connectivity index (χ0n) is 11.1. The van der Waals surface area contributed by atoms with Gasteiger partial charge in [0.25, 0.3) is 0 Å². The molecule has 0 saturated carbocycles. The van der Waals surface area contributed by atoms with Gasteiger partial charge >= 0.3 is 0 Å². The number of ether oxygens (including phenoxy) is 1. The molecule has 0 bridgehead atoms.